The van der Waals surface area contributed by atoms with Crippen LogP contribution in [0.1, 0.15) is 18.1 Å². The topological polar surface area (TPSA) is 43.8 Å². The predicted molar refractivity (Wildman–Crippen MR) is 65.9 cm³/mol. The van der Waals surface area contributed by atoms with Crippen LogP contribution in [0, 0.1) is 0 Å². The number of hydrogen-bond donors (Lipinski definition) is 1. The Morgan fingerprint density at radius 2 is 2.11 bits per heavy atom. The number of benzene rings is 1. The molecule has 1 aromatic carbocycles. The summed E-state index contributed by atoms with van der Waals surface area (Å²) in [5.41, 5.74) is 5.59. The zero-order chi connectivity index (χ0) is 14.0. The summed E-state index contributed by atoms with van der Waals surface area (Å²) < 4.78 is 40.7. The van der Waals surface area contributed by atoms with E-state index in [0.717, 1.165) is 6.07 Å². The van der Waals surface area contributed by atoms with Crippen molar-refractivity contribution in [2.75, 3.05) is 0 Å². The molecule has 1 atom stereocenters. The van der Waals surface area contributed by atoms with E-state index in [1.807, 2.05) is 0 Å². The van der Waals surface area contributed by atoms with E-state index < -0.39 is 11.7 Å². The molecule has 0 spiro atoms. The largest absolute Gasteiger partial charge is 0.416 e. The molecule has 2 N–H and O–H groups in total. The van der Waals surface area contributed by atoms with Gasteiger partial charge in [-0.15, -0.1) is 0 Å². The van der Waals surface area contributed by atoms with Gasteiger partial charge in [0, 0.05) is 24.1 Å². The highest BCUT2D eigenvalue weighted by Crippen LogP contribution is 2.33. The van der Waals surface area contributed by atoms with Gasteiger partial charge in [-0.1, -0.05) is 6.07 Å². The predicted octanol–water partition coefficient (Wildman–Crippen LogP) is 2.78. The molecule has 2 rings (SSSR count). The van der Waals surface area contributed by atoms with E-state index in [2.05, 4.69) is 4.98 Å². The van der Waals surface area contributed by atoms with Crippen LogP contribution >= 0.6 is 0 Å². The van der Waals surface area contributed by atoms with Crippen molar-refractivity contribution in [3.63, 3.8) is 0 Å². The van der Waals surface area contributed by atoms with Gasteiger partial charge >= 0.3 is 6.18 Å². The second-order valence-corrected chi connectivity index (χ2v) is 4.49. The SMILES string of the molecule is CC(N)Cc1ccc(-n2ccnc2)cc1C(F)(F)F. The van der Waals surface area contributed by atoms with Gasteiger partial charge < -0.3 is 10.3 Å². The summed E-state index contributed by atoms with van der Waals surface area (Å²) in [5.74, 6) is 0. The highest BCUT2D eigenvalue weighted by molar-refractivity contribution is 5.42. The minimum atomic E-state index is -4.39. The molecule has 1 aromatic heterocycles. The summed E-state index contributed by atoms with van der Waals surface area (Å²) in [6.07, 6.45) is 0.379. The molecule has 6 heteroatoms. The third-order valence-electron chi connectivity index (χ3n) is 2.74. The van der Waals surface area contributed by atoms with Gasteiger partial charge in [0.05, 0.1) is 11.9 Å². The summed E-state index contributed by atoms with van der Waals surface area (Å²) in [5, 5.41) is 0. The van der Waals surface area contributed by atoms with E-state index in [-0.39, 0.29) is 18.0 Å². The third kappa shape index (κ3) is 3.14. The van der Waals surface area contributed by atoms with E-state index in [0.29, 0.717) is 5.69 Å². The number of nitrogens with two attached hydrogens (primary N) is 1. The van der Waals surface area contributed by atoms with Gasteiger partial charge in [-0.25, -0.2) is 4.98 Å². The first kappa shape index (κ1) is 13.6. The highest BCUT2D eigenvalue weighted by atomic mass is 19.4. The van der Waals surface area contributed by atoms with Gasteiger partial charge in [-0.05, 0) is 31.0 Å². The molecule has 3 nitrogen and oxygen atoms in total. The van der Waals surface area contributed by atoms with Crippen LogP contribution in [0.5, 0.6) is 0 Å². The van der Waals surface area contributed by atoms with Crippen molar-refractivity contribution in [1.82, 2.24) is 9.55 Å². The Labute approximate surface area is 108 Å². The first-order chi connectivity index (χ1) is 8.88. The van der Waals surface area contributed by atoms with Gasteiger partial charge in [0.15, 0.2) is 0 Å². The van der Waals surface area contributed by atoms with E-state index in [1.165, 1.54) is 23.2 Å². The van der Waals surface area contributed by atoms with Gasteiger partial charge in [-0.2, -0.15) is 13.2 Å². The van der Waals surface area contributed by atoms with Crippen molar-refractivity contribution >= 4 is 0 Å². The molecular weight excluding hydrogens is 255 g/mol. The van der Waals surface area contributed by atoms with Crippen molar-refractivity contribution in [3.05, 3.63) is 48.0 Å². The van der Waals surface area contributed by atoms with Crippen molar-refractivity contribution in [1.29, 1.82) is 0 Å². The fraction of sp³-hybridized carbons (Fsp3) is 0.308. The molecule has 0 aliphatic carbocycles. The van der Waals surface area contributed by atoms with Crippen LogP contribution in [0.15, 0.2) is 36.9 Å². The molecule has 1 heterocycles. The molecule has 0 aliphatic rings. The summed E-state index contributed by atoms with van der Waals surface area (Å²) in [6, 6.07) is 3.91. The summed E-state index contributed by atoms with van der Waals surface area (Å²) in [4.78, 5) is 3.82. The monoisotopic (exact) mass is 269 g/mol. The van der Waals surface area contributed by atoms with Crippen molar-refractivity contribution in [2.24, 2.45) is 5.73 Å². The Morgan fingerprint density at radius 3 is 2.63 bits per heavy atom. The molecule has 0 saturated carbocycles. The summed E-state index contributed by atoms with van der Waals surface area (Å²) in [7, 11) is 0. The van der Waals surface area contributed by atoms with Crippen molar-refractivity contribution in [2.45, 2.75) is 25.6 Å². The molecule has 0 amide bonds. The zero-order valence-corrected chi connectivity index (χ0v) is 10.4. The highest BCUT2D eigenvalue weighted by Gasteiger charge is 2.33. The number of hydrogen-bond acceptors (Lipinski definition) is 2. The molecule has 102 valence electrons. The maximum atomic E-state index is 13.1. The van der Waals surface area contributed by atoms with Gasteiger partial charge in [0.1, 0.15) is 0 Å². The van der Waals surface area contributed by atoms with Crippen molar-refractivity contribution in [3.8, 4) is 5.69 Å². The lowest BCUT2D eigenvalue weighted by molar-refractivity contribution is -0.138. The number of aromatic nitrogens is 2. The van der Waals surface area contributed by atoms with E-state index >= 15 is 0 Å². The summed E-state index contributed by atoms with van der Waals surface area (Å²) >= 11 is 0. The molecule has 0 aliphatic heterocycles. The van der Waals surface area contributed by atoms with E-state index in [4.69, 9.17) is 5.73 Å². The number of nitrogens with zero attached hydrogens (tertiary/aromatic N) is 2. The quantitative estimate of drug-likeness (QED) is 0.931. The number of rotatable bonds is 3. The summed E-state index contributed by atoms with van der Waals surface area (Å²) in [6.45, 7) is 1.68. The zero-order valence-electron chi connectivity index (χ0n) is 10.4. The minimum Gasteiger partial charge on any atom is -0.328 e. The Hall–Kier alpha value is -1.82. The third-order valence-corrected chi connectivity index (χ3v) is 2.74. The Morgan fingerprint density at radius 1 is 1.37 bits per heavy atom. The molecule has 0 fully saturated rings. The molecule has 2 aromatic rings. The van der Waals surface area contributed by atoms with Crippen LogP contribution in [0.3, 0.4) is 0 Å². The molecule has 0 radical (unpaired) electrons. The molecule has 0 saturated heterocycles. The Bertz CT molecular complexity index is 545. The van der Waals surface area contributed by atoms with E-state index in [9.17, 15) is 13.2 Å². The minimum absolute atomic E-state index is 0.194. The Kier molecular flexibility index (Phi) is 3.61. The lowest BCUT2D eigenvalue weighted by atomic mass is 10.00. The molecular formula is C13H14F3N3. The maximum absolute atomic E-state index is 13.1. The molecule has 0 bridgehead atoms. The van der Waals surface area contributed by atoms with Gasteiger partial charge in [0.2, 0.25) is 0 Å². The van der Waals surface area contributed by atoms with Crippen LogP contribution in [0.25, 0.3) is 5.69 Å². The normalized spacial score (nSPS) is 13.5. The second-order valence-electron chi connectivity index (χ2n) is 4.49. The number of imidazole rings is 1. The van der Waals surface area contributed by atoms with Crippen LogP contribution in [-0.2, 0) is 12.6 Å². The first-order valence-electron chi connectivity index (χ1n) is 5.82. The fourth-order valence-corrected chi connectivity index (χ4v) is 1.93. The van der Waals surface area contributed by atoms with Crippen LogP contribution in [0.2, 0.25) is 0 Å². The second kappa shape index (κ2) is 5.05. The standard InChI is InChI=1S/C13H14F3N3/c1-9(17)6-10-2-3-11(19-5-4-18-8-19)7-12(10)13(14,15)16/h2-5,7-9H,6,17H2,1H3. The number of alkyl halides is 3. The average molecular weight is 269 g/mol. The first-order valence-corrected chi connectivity index (χ1v) is 5.82. The van der Waals surface area contributed by atoms with Gasteiger partial charge in [-0.3, -0.25) is 0 Å². The lowest BCUT2D eigenvalue weighted by Gasteiger charge is -2.16. The van der Waals surface area contributed by atoms with E-state index in [1.54, 1.807) is 19.2 Å². The van der Waals surface area contributed by atoms with Gasteiger partial charge in [0.25, 0.3) is 0 Å². The van der Waals surface area contributed by atoms with Crippen LogP contribution < -0.4 is 5.73 Å². The van der Waals surface area contributed by atoms with Crippen LogP contribution in [0.4, 0.5) is 13.2 Å². The number of halogens is 3. The maximum Gasteiger partial charge on any atom is 0.416 e. The smallest absolute Gasteiger partial charge is 0.328 e. The molecule has 1 unspecified atom stereocenters. The van der Waals surface area contributed by atoms with Crippen LogP contribution in [-0.4, -0.2) is 15.6 Å². The molecule has 19 heavy (non-hydrogen) atoms. The van der Waals surface area contributed by atoms with Crippen molar-refractivity contribution < 1.29 is 13.2 Å². The Balaban J connectivity index is 2.48. The fourth-order valence-electron chi connectivity index (χ4n) is 1.93. The average Bonchev–Trinajstić information content (AvgIpc) is 2.80. The lowest BCUT2D eigenvalue weighted by Crippen LogP contribution is -2.21.